The molecule has 3 aromatic carbocycles. The van der Waals surface area contributed by atoms with E-state index in [1.54, 1.807) is 24.1 Å². The maximum absolute atomic E-state index is 13.8. The van der Waals surface area contributed by atoms with Gasteiger partial charge in [0, 0.05) is 25.3 Å². The third kappa shape index (κ3) is 5.24. The van der Waals surface area contributed by atoms with Crippen LogP contribution in [-0.2, 0) is 11.3 Å². The summed E-state index contributed by atoms with van der Waals surface area (Å²) in [5, 5.41) is 0.805. The van der Waals surface area contributed by atoms with Crippen LogP contribution < -0.4 is 14.9 Å². The molecule has 0 aliphatic carbocycles. The second-order valence-corrected chi connectivity index (χ2v) is 9.84. The van der Waals surface area contributed by atoms with Gasteiger partial charge in [-0.2, -0.15) is 0 Å². The number of benzene rings is 3. The van der Waals surface area contributed by atoms with E-state index < -0.39 is 6.04 Å². The lowest BCUT2D eigenvalue weighted by Gasteiger charge is -2.26. The summed E-state index contributed by atoms with van der Waals surface area (Å²) in [5.41, 5.74) is 2.88. The summed E-state index contributed by atoms with van der Waals surface area (Å²) in [4.78, 5) is 29.1. The number of methoxy groups -OCH3 is 1. The van der Waals surface area contributed by atoms with Crippen molar-refractivity contribution in [1.29, 1.82) is 0 Å². The third-order valence-corrected chi connectivity index (χ3v) is 7.22. The van der Waals surface area contributed by atoms with E-state index in [-0.39, 0.29) is 17.1 Å². The van der Waals surface area contributed by atoms with Gasteiger partial charge in [-0.1, -0.05) is 48.0 Å². The van der Waals surface area contributed by atoms with E-state index in [4.69, 9.17) is 30.2 Å². The SMILES string of the molecule is CCOc1cc(C2c3c(oc4cc(C)c(Cl)cc4c3=O)C(=O)N2CCCOC)ccc1OCc1ccccc1. The summed E-state index contributed by atoms with van der Waals surface area (Å²) in [7, 11) is 1.62. The van der Waals surface area contributed by atoms with Gasteiger partial charge in [-0.15, -0.1) is 0 Å². The first-order valence-electron chi connectivity index (χ1n) is 12.9. The van der Waals surface area contributed by atoms with Crippen molar-refractivity contribution in [3.8, 4) is 11.5 Å². The molecule has 7 nitrogen and oxygen atoms in total. The number of fused-ring (bicyclic) bond motifs is 2. The molecule has 8 heteroatoms. The summed E-state index contributed by atoms with van der Waals surface area (Å²) in [6.45, 7) is 5.38. The van der Waals surface area contributed by atoms with Crippen LogP contribution in [0.2, 0.25) is 5.02 Å². The average Bonchev–Trinajstić information content (AvgIpc) is 3.21. The van der Waals surface area contributed by atoms with Crippen LogP contribution in [0.4, 0.5) is 0 Å². The van der Waals surface area contributed by atoms with Crippen LogP contribution in [0.5, 0.6) is 11.5 Å². The Kier molecular flexibility index (Phi) is 7.91. The van der Waals surface area contributed by atoms with Crippen LogP contribution in [-0.4, -0.2) is 37.7 Å². The molecule has 0 bridgehead atoms. The van der Waals surface area contributed by atoms with Crippen molar-refractivity contribution >= 4 is 28.5 Å². The molecule has 1 amide bonds. The lowest BCUT2D eigenvalue weighted by molar-refractivity contribution is 0.0707. The number of nitrogens with zero attached hydrogens (tertiary/aromatic N) is 1. The smallest absolute Gasteiger partial charge is 0.290 e. The lowest BCUT2D eigenvalue weighted by atomic mass is 9.97. The topological polar surface area (TPSA) is 78.2 Å². The molecule has 0 fully saturated rings. The molecule has 4 aromatic rings. The van der Waals surface area contributed by atoms with Gasteiger partial charge in [0.05, 0.1) is 23.6 Å². The number of ether oxygens (including phenoxy) is 3. The van der Waals surface area contributed by atoms with E-state index in [2.05, 4.69) is 0 Å². The summed E-state index contributed by atoms with van der Waals surface area (Å²) < 4.78 is 23.3. The van der Waals surface area contributed by atoms with Gasteiger partial charge in [0.25, 0.3) is 5.91 Å². The van der Waals surface area contributed by atoms with Crippen molar-refractivity contribution in [3.05, 3.63) is 104 Å². The van der Waals surface area contributed by atoms with Gasteiger partial charge in [0.1, 0.15) is 12.2 Å². The molecule has 2 heterocycles. The van der Waals surface area contributed by atoms with Crippen molar-refractivity contribution in [1.82, 2.24) is 4.90 Å². The molecule has 1 atom stereocenters. The first-order chi connectivity index (χ1) is 18.9. The van der Waals surface area contributed by atoms with Gasteiger partial charge < -0.3 is 23.5 Å². The first-order valence-corrected chi connectivity index (χ1v) is 13.3. The third-order valence-electron chi connectivity index (χ3n) is 6.81. The molecule has 1 aliphatic heterocycles. The number of carbonyl (C=O) groups is 1. The maximum Gasteiger partial charge on any atom is 0.290 e. The van der Waals surface area contributed by atoms with Crippen LogP contribution >= 0.6 is 11.6 Å². The van der Waals surface area contributed by atoms with E-state index in [1.807, 2.05) is 62.4 Å². The van der Waals surface area contributed by atoms with Crippen LogP contribution in [0.25, 0.3) is 11.0 Å². The monoisotopic (exact) mass is 547 g/mol. The van der Waals surface area contributed by atoms with E-state index in [0.29, 0.717) is 65.8 Å². The van der Waals surface area contributed by atoms with Gasteiger partial charge in [0.15, 0.2) is 16.9 Å². The van der Waals surface area contributed by atoms with Gasteiger partial charge in [0.2, 0.25) is 5.76 Å². The van der Waals surface area contributed by atoms with Crippen molar-refractivity contribution in [2.24, 2.45) is 0 Å². The average molecular weight is 548 g/mol. The number of aryl methyl sites for hydroxylation is 1. The molecule has 1 unspecified atom stereocenters. The summed E-state index contributed by atoms with van der Waals surface area (Å²) in [5.74, 6) is 0.833. The normalized spacial score (nSPS) is 14.6. The Balaban J connectivity index is 1.60. The number of carbonyl (C=O) groups excluding carboxylic acids is 1. The predicted octanol–water partition coefficient (Wildman–Crippen LogP) is 6.31. The minimum Gasteiger partial charge on any atom is -0.490 e. The molecule has 0 N–H and O–H groups in total. The molecule has 0 radical (unpaired) electrons. The maximum atomic E-state index is 13.8. The van der Waals surface area contributed by atoms with Crippen LogP contribution in [0, 0.1) is 6.92 Å². The van der Waals surface area contributed by atoms with Crippen molar-refractivity contribution in [2.45, 2.75) is 32.9 Å². The van der Waals surface area contributed by atoms with E-state index in [0.717, 1.165) is 16.7 Å². The number of amides is 1. The highest BCUT2D eigenvalue weighted by molar-refractivity contribution is 6.32. The van der Waals surface area contributed by atoms with Crippen molar-refractivity contribution in [2.75, 3.05) is 26.9 Å². The molecule has 0 saturated carbocycles. The molecule has 5 rings (SSSR count). The van der Waals surface area contributed by atoms with Crippen molar-refractivity contribution < 1.29 is 23.4 Å². The molecule has 202 valence electrons. The Morgan fingerprint density at radius 3 is 2.54 bits per heavy atom. The Hall–Kier alpha value is -3.81. The first kappa shape index (κ1) is 26.8. The van der Waals surface area contributed by atoms with E-state index >= 15 is 0 Å². The molecule has 1 aliphatic rings. The fourth-order valence-corrected chi connectivity index (χ4v) is 5.08. The molecular formula is C31H30ClNO6. The molecule has 39 heavy (non-hydrogen) atoms. The van der Waals surface area contributed by atoms with Crippen LogP contribution in [0.3, 0.4) is 0 Å². The number of halogens is 1. The minimum absolute atomic E-state index is 0.0546. The van der Waals surface area contributed by atoms with Crippen molar-refractivity contribution in [3.63, 3.8) is 0 Å². The number of hydrogen-bond acceptors (Lipinski definition) is 6. The van der Waals surface area contributed by atoms with Gasteiger partial charge in [-0.25, -0.2) is 0 Å². The molecule has 1 aromatic heterocycles. The molecule has 0 spiro atoms. The fourth-order valence-electron chi connectivity index (χ4n) is 4.91. The molecular weight excluding hydrogens is 518 g/mol. The highest BCUT2D eigenvalue weighted by Crippen LogP contribution is 2.41. The number of hydrogen-bond donors (Lipinski definition) is 0. The highest BCUT2D eigenvalue weighted by atomic mass is 35.5. The second-order valence-electron chi connectivity index (χ2n) is 9.43. The fraction of sp³-hybridized carbons (Fsp3) is 0.290. The molecule has 0 saturated heterocycles. The lowest BCUT2D eigenvalue weighted by Crippen LogP contribution is -2.31. The van der Waals surface area contributed by atoms with Crippen LogP contribution in [0.15, 0.2) is 69.9 Å². The largest absolute Gasteiger partial charge is 0.490 e. The zero-order valence-corrected chi connectivity index (χ0v) is 22.9. The number of rotatable bonds is 10. The second kappa shape index (κ2) is 11.5. The Morgan fingerprint density at radius 1 is 1.00 bits per heavy atom. The summed E-state index contributed by atoms with van der Waals surface area (Å²) in [6, 6.07) is 18.0. The standard InChI is InChI=1S/C31H30ClNO6/c1-4-37-26-16-21(11-12-24(26)38-18-20-9-6-5-7-10-20)28-27-29(34)22-17-23(32)19(2)15-25(22)39-30(27)31(35)33(28)13-8-14-36-3/h5-7,9-12,15-17,28H,4,8,13-14,18H2,1-3H3. The quantitative estimate of drug-likeness (QED) is 0.216. The van der Waals surface area contributed by atoms with Gasteiger partial charge in [-0.05, 0) is 61.2 Å². The Labute approximate surface area is 231 Å². The predicted molar refractivity (Wildman–Crippen MR) is 150 cm³/mol. The zero-order valence-electron chi connectivity index (χ0n) is 22.2. The van der Waals surface area contributed by atoms with E-state index in [9.17, 15) is 9.59 Å². The summed E-state index contributed by atoms with van der Waals surface area (Å²) in [6.07, 6.45) is 0.599. The van der Waals surface area contributed by atoms with Gasteiger partial charge in [-0.3, -0.25) is 9.59 Å². The summed E-state index contributed by atoms with van der Waals surface area (Å²) >= 11 is 6.35. The van der Waals surface area contributed by atoms with Crippen LogP contribution in [0.1, 0.15) is 52.2 Å². The highest BCUT2D eigenvalue weighted by Gasteiger charge is 2.42. The zero-order chi connectivity index (χ0) is 27.5. The Bertz CT molecular complexity index is 1570. The van der Waals surface area contributed by atoms with Gasteiger partial charge >= 0.3 is 0 Å². The minimum atomic E-state index is -0.660. The Morgan fingerprint density at radius 2 is 1.79 bits per heavy atom. The van der Waals surface area contributed by atoms with E-state index in [1.165, 1.54) is 0 Å².